The van der Waals surface area contributed by atoms with Crippen LogP contribution in [0.3, 0.4) is 0 Å². The lowest BCUT2D eigenvalue weighted by Gasteiger charge is -2.02. The molecule has 0 atom stereocenters. The number of hydrogen-bond acceptors (Lipinski definition) is 4. The minimum Gasteiger partial charge on any atom is -0.497 e. The van der Waals surface area contributed by atoms with Crippen molar-refractivity contribution in [3.05, 3.63) is 76.8 Å². The molecular weight excluding hydrogens is 344 g/mol. The summed E-state index contributed by atoms with van der Waals surface area (Å²) in [6.07, 6.45) is 3.25. The maximum atomic E-state index is 12.0. The molecule has 5 heteroatoms. The number of nitrogens with zero attached hydrogens (tertiary/aromatic N) is 1. The van der Waals surface area contributed by atoms with Gasteiger partial charge in [-0.2, -0.15) is 0 Å². The molecule has 0 saturated carbocycles. The number of thiazole rings is 1. The Bertz CT molecular complexity index is 897. The SMILES string of the molecule is COc1ccc(-c2nc(C=CC(=O)NCc3ccc(C)cc3)cs2)cc1. The molecule has 3 rings (SSSR count). The molecule has 0 aliphatic carbocycles. The predicted octanol–water partition coefficient (Wildman–Crippen LogP) is 4.46. The lowest BCUT2D eigenvalue weighted by molar-refractivity contribution is -0.116. The Balaban J connectivity index is 1.57. The van der Waals surface area contributed by atoms with Gasteiger partial charge >= 0.3 is 0 Å². The van der Waals surface area contributed by atoms with E-state index in [1.807, 2.05) is 60.8 Å². The van der Waals surface area contributed by atoms with Gasteiger partial charge in [0.15, 0.2) is 0 Å². The molecule has 0 fully saturated rings. The highest BCUT2D eigenvalue weighted by Crippen LogP contribution is 2.26. The van der Waals surface area contributed by atoms with E-state index in [2.05, 4.69) is 10.3 Å². The van der Waals surface area contributed by atoms with Crippen molar-refractivity contribution in [3.8, 4) is 16.3 Å². The maximum Gasteiger partial charge on any atom is 0.244 e. The number of ether oxygens (including phenoxy) is 1. The van der Waals surface area contributed by atoms with Gasteiger partial charge in [-0.05, 0) is 42.8 Å². The van der Waals surface area contributed by atoms with Crippen LogP contribution in [0.4, 0.5) is 0 Å². The maximum absolute atomic E-state index is 12.0. The molecule has 132 valence electrons. The van der Waals surface area contributed by atoms with Crippen LogP contribution < -0.4 is 10.1 Å². The molecule has 0 unspecified atom stereocenters. The van der Waals surface area contributed by atoms with Gasteiger partial charge in [-0.25, -0.2) is 4.98 Å². The number of benzene rings is 2. The Hall–Kier alpha value is -2.92. The normalized spacial score (nSPS) is 10.8. The second-order valence-corrected chi connectivity index (χ2v) is 6.70. The van der Waals surface area contributed by atoms with Gasteiger partial charge in [-0.3, -0.25) is 4.79 Å². The monoisotopic (exact) mass is 364 g/mol. The molecule has 0 radical (unpaired) electrons. The highest BCUT2D eigenvalue weighted by atomic mass is 32.1. The lowest BCUT2D eigenvalue weighted by atomic mass is 10.1. The zero-order valence-electron chi connectivity index (χ0n) is 14.7. The van der Waals surface area contributed by atoms with Crippen molar-refractivity contribution in [2.24, 2.45) is 0 Å². The summed E-state index contributed by atoms with van der Waals surface area (Å²) in [5.74, 6) is 0.681. The first-order valence-electron chi connectivity index (χ1n) is 8.25. The first-order chi connectivity index (χ1) is 12.6. The summed E-state index contributed by atoms with van der Waals surface area (Å²) >= 11 is 1.54. The molecule has 0 spiro atoms. The summed E-state index contributed by atoms with van der Waals surface area (Å²) in [4.78, 5) is 16.5. The summed E-state index contributed by atoms with van der Waals surface area (Å²) in [6, 6.07) is 15.9. The summed E-state index contributed by atoms with van der Waals surface area (Å²) in [5, 5.41) is 5.72. The zero-order chi connectivity index (χ0) is 18.4. The van der Waals surface area contributed by atoms with Crippen molar-refractivity contribution in [1.82, 2.24) is 10.3 Å². The standard InChI is InChI=1S/C21H20N2O2S/c1-15-3-5-16(6-4-15)13-22-20(24)12-9-18-14-26-21(23-18)17-7-10-19(25-2)11-8-17/h3-12,14H,13H2,1-2H3,(H,22,24). The summed E-state index contributed by atoms with van der Waals surface area (Å²) in [7, 11) is 1.64. The number of rotatable bonds is 6. The molecule has 3 aromatic rings. The average molecular weight is 364 g/mol. The second-order valence-electron chi connectivity index (χ2n) is 5.84. The van der Waals surface area contributed by atoms with E-state index in [9.17, 15) is 4.79 Å². The number of aryl methyl sites for hydroxylation is 1. The van der Waals surface area contributed by atoms with Gasteiger partial charge in [0.05, 0.1) is 12.8 Å². The van der Waals surface area contributed by atoms with Crippen LogP contribution in [0.2, 0.25) is 0 Å². The third kappa shape index (κ3) is 4.80. The minimum atomic E-state index is -0.135. The molecular formula is C21H20N2O2S. The Morgan fingerprint density at radius 1 is 1.15 bits per heavy atom. The van der Waals surface area contributed by atoms with Crippen molar-refractivity contribution >= 4 is 23.3 Å². The molecule has 1 aromatic heterocycles. The van der Waals surface area contributed by atoms with Crippen LogP contribution in [0.1, 0.15) is 16.8 Å². The van der Waals surface area contributed by atoms with E-state index in [0.29, 0.717) is 6.54 Å². The topological polar surface area (TPSA) is 51.2 Å². The van der Waals surface area contributed by atoms with Crippen LogP contribution in [0.5, 0.6) is 5.75 Å². The fourth-order valence-corrected chi connectivity index (χ4v) is 3.14. The first-order valence-corrected chi connectivity index (χ1v) is 9.13. The fourth-order valence-electron chi connectivity index (χ4n) is 2.34. The van der Waals surface area contributed by atoms with Crippen LogP contribution in [-0.2, 0) is 11.3 Å². The quantitative estimate of drug-likeness (QED) is 0.657. The molecule has 0 saturated heterocycles. The number of hydrogen-bond donors (Lipinski definition) is 1. The van der Waals surface area contributed by atoms with Gasteiger partial charge in [0.25, 0.3) is 0 Å². The van der Waals surface area contributed by atoms with Crippen molar-refractivity contribution in [1.29, 1.82) is 0 Å². The van der Waals surface area contributed by atoms with E-state index >= 15 is 0 Å². The second kappa shape index (κ2) is 8.45. The number of carbonyl (C=O) groups is 1. The van der Waals surface area contributed by atoms with Crippen LogP contribution >= 0.6 is 11.3 Å². The molecule has 0 aliphatic rings. The molecule has 1 heterocycles. The van der Waals surface area contributed by atoms with E-state index in [0.717, 1.165) is 27.6 Å². The number of amides is 1. The summed E-state index contributed by atoms with van der Waals surface area (Å²) in [6.45, 7) is 2.55. The third-order valence-corrected chi connectivity index (χ3v) is 4.76. The summed E-state index contributed by atoms with van der Waals surface area (Å²) < 4.78 is 5.16. The highest BCUT2D eigenvalue weighted by Gasteiger charge is 2.04. The Labute approximate surface area is 157 Å². The largest absolute Gasteiger partial charge is 0.497 e. The van der Waals surface area contributed by atoms with Crippen molar-refractivity contribution in [2.45, 2.75) is 13.5 Å². The number of nitrogens with one attached hydrogen (secondary N) is 1. The molecule has 0 bridgehead atoms. The van der Waals surface area contributed by atoms with Crippen molar-refractivity contribution in [2.75, 3.05) is 7.11 Å². The third-order valence-electron chi connectivity index (χ3n) is 3.85. The average Bonchev–Trinajstić information content (AvgIpc) is 3.15. The van der Waals surface area contributed by atoms with Crippen LogP contribution in [0, 0.1) is 6.92 Å². The predicted molar refractivity (Wildman–Crippen MR) is 106 cm³/mol. The van der Waals surface area contributed by atoms with Crippen LogP contribution in [0.15, 0.2) is 60.0 Å². The lowest BCUT2D eigenvalue weighted by Crippen LogP contribution is -2.20. The Morgan fingerprint density at radius 3 is 2.58 bits per heavy atom. The molecule has 1 amide bonds. The smallest absolute Gasteiger partial charge is 0.244 e. The van der Waals surface area contributed by atoms with Gasteiger partial charge in [0.1, 0.15) is 10.8 Å². The van der Waals surface area contributed by atoms with Crippen molar-refractivity contribution in [3.63, 3.8) is 0 Å². The minimum absolute atomic E-state index is 0.135. The van der Waals surface area contributed by atoms with E-state index < -0.39 is 0 Å². The number of carbonyl (C=O) groups excluding carboxylic acids is 1. The summed E-state index contributed by atoms with van der Waals surface area (Å²) in [5.41, 5.74) is 4.08. The highest BCUT2D eigenvalue weighted by molar-refractivity contribution is 7.13. The first kappa shape index (κ1) is 17.9. The van der Waals surface area contributed by atoms with Crippen LogP contribution in [0.25, 0.3) is 16.6 Å². The number of methoxy groups -OCH3 is 1. The van der Waals surface area contributed by atoms with E-state index in [1.54, 1.807) is 24.5 Å². The Morgan fingerprint density at radius 2 is 1.88 bits per heavy atom. The van der Waals surface area contributed by atoms with Gasteiger partial charge in [0.2, 0.25) is 5.91 Å². The molecule has 0 aliphatic heterocycles. The molecule has 4 nitrogen and oxygen atoms in total. The molecule has 1 N–H and O–H groups in total. The van der Waals surface area contributed by atoms with Gasteiger partial charge in [0, 0.05) is 23.6 Å². The van der Waals surface area contributed by atoms with Gasteiger partial charge in [-0.15, -0.1) is 11.3 Å². The molecule has 2 aromatic carbocycles. The zero-order valence-corrected chi connectivity index (χ0v) is 15.5. The van der Waals surface area contributed by atoms with Crippen molar-refractivity contribution < 1.29 is 9.53 Å². The van der Waals surface area contributed by atoms with E-state index in [1.165, 1.54) is 11.6 Å². The van der Waals surface area contributed by atoms with Crippen LogP contribution in [-0.4, -0.2) is 18.0 Å². The fraction of sp³-hybridized carbons (Fsp3) is 0.143. The molecule has 26 heavy (non-hydrogen) atoms. The van der Waals surface area contributed by atoms with E-state index in [-0.39, 0.29) is 5.91 Å². The Kier molecular flexibility index (Phi) is 5.81. The van der Waals surface area contributed by atoms with Gasteiger partial charge in [-0.1, -0.05) is 29.8 Å². The number of aromatic nitrogens is 1. The van der Waals surface area contributed by atoms with Gasteiger partial charge < -0.3 is 10.1 Å². The van der Waals surface area contributed by atoms with E-state index in [4.69, 9.17) is 4.74 Å².